The molecule has 0 rings (SSSR count). The topological polar surface area (TPSA) is 0 Å². The Morgan fingerprint density at radius 3 is 2.11 bits per heavy atom. The molecule has 0 spiro atoms. The van der Waals surface area contributed by atoms with E-state index >= 15 is 0 Å². The number of rotatable bonds is 13. The molecule has 1 atom stereocenters. The van der Waals surface area contributed by atoms with Gasteiger partial charge in [0.2, 0.25) is 0 Å². The molecular formula is C18H34. The molecule has 0 amide bonds. The zero-order chi connectivity index (χ0) is 13.5. The lowest BCUT2D eigenvalue weighted by Crippen LogP contribution is -1.98. The second-order valence-electron chi connectivity index (χ2n) is 5.38. The lowest BCUT2D eigenvalue weighted by Gasteiger charge is -2.13. The van der Waals surface area contributed by atoms with Crippen molar-refractivity contribution in [3.63, 3.8) is 0 Å². The molecule has 0 aromatic heterocycles. The monoisotopic (exact) mass is 250 g/mol. The van der Waals surface area contributed by atoms with Crippen molar-refractivity contribution in [2.75, 3.05) is 0 Å². The first kappa shape index (κ1) is 17.7. The number of hydrogen-bond acceptors (Lipinski definition) is 0. The van der Waals surface area contributed by atoms with Crippen molar-refractivity contribution in [2.45, 2.75) is 84.0 Å². The summed E-state index contributed by atoms with van der Waals surface area (Å²) in [6.45, 7) is 10.1. The molecule has 0 aromatic carbocycles. The molecule has 2 radical (unpaired) electrons. The molecule has 0 nitrogen and oxygen atoms in total. The van der Waals surface area contributed by atoms with E-state index in [1.165, 1.54) is 64.2 Å². The molecule has 106 valence electrons. The SMILES string of the molecule is [CH2]CCCCC=CCCC(CC)CCCCC[CH2]. The van der Waals surface area contributed by atoms with E-state index in [9.17, 15) is 0 Å². The summed E-state index contributed by atoms with van der Waals surface area (Å²) in [6.07, 6.45) is 20.3. The van der Waals surface area contributed by atoms with Crippen molar-refractivity contribution in [3.05, 3.63) is 26.0 Å². The maximum atomic E-state index is 3.90. The van der Waals surface area contributed by atoms with Gasteiger partial charge in [-0.2, -0.15) is 0 Å². The summed E-state index contributed by atoms with van der Waals surface area (Å²) in [5.74, 6) is 0.944. The van der Waals surface area contributed by atoms with E-state index in [2.05, 4.69) is 32.9 Å². The average molecular weight is 250 g/mol. The Kier molecular flexibility index (Phi) is 14.6. The third-order valence-electron chi connectivity index (χ3n) is 3.72. The highest BCUT2D eigenvalue weighted by atomic mass is 14.1. The van der Waals surface area contributed by atoms with Crippen molar-refractivity contribution in [2.24, 2.45) is 5.92 Å². The fraction of sp³-hybridized carbons (Fsp3) is 0.778. The van der Waals surface area contributed by atoms with E-state index in [4.69, 9.17) is 0 Å². The van der Waals surface area contributed by atoms with Crippen molar-refractivity contribution >= 4 is 0 Å². The Morgan fingerprint density at radius 2 is 1.44 bits per heavy atom. The van der Waals surface area contributed by atoms with Gasteiger partial charge in [0, 0.05) is 0 Å². The third-order valence-corrected chi connectivity index (χ3v) is 3.72. The summed E-state index contributed by atoms with van der Waals surface area (Å²) in [7, 11) is 0. The van der Waals surface area contributed by atoms with Crippen LogP contribution in [0, 0.1) is 19.8 Å². The van der Waals surface area contributed by atoms with Gasteiger partial charge in [0.05, 0.1) is 0 Å². The van der Waals surface area contributed by atoms with Crippen LogP contribution in [0.25, 0.3) is 0 Å². The zero-order valence-corrected chi connectivity index (χ0v) is 12.6. The lowest BCUT2D eigenvalue weighted by atomic mass is 9.93. The largest absolute Gasteiger partial charge is 0.0885 e. The van der Waals surface area contributed by atoms with E-state index in [1.807, 2.05) is 0 Å². The van der Waals surface area contributed by atoms with Gasteiger partial charge >= 0.3 is 0 Å². The van der Waals surface area contributed by atoms with Gasteiger partial charge in [-0.05, 0) is 31.6 Å². The minimum atomic E-state index is 0.944. The number of unbranched alkanes of at least 4 members (excludes halogenated alkanes) is 6. The highest BCUT2D eigenvalue weighted by Gasteiger charge is 2.04. The highest BCUT2D eigenvalue weighted by molar-refractivity contribution is 4.82. The van der Waals surface area contributed by atoms with E-state index in [1.54, 1.807) is 0 Å². The van der Waals surface area contributed by atoms with Gasteiger partial charge in [-0.3, -0.25) is 0 Å². The standard InChI is InChI=1S/C18H34/c1-4-7-9-11-12-13-15-17-18(6-3)16-14-10-8-5-2/h12-13,18H,1-2,4-11,14-17H2,3H3. The van der Waals surface area contributed by atoms with Gasteiger partial charge < -0.3 is 0 Å². The zero-order valence-electron chi connectivity index (χ0n) is 12.6. The van der Waals surface area contributed by atoms with Gasteiger partial charge in [0.1, 0.15) is 0 Å². The van der Waals surface area contributed by atoms with E-state index in [-0.39, 0.29) is 0 Å². The predicted octanol–water partition coefficient (Wildman–Crippen LogP) is 6.53. The first-order valence-electron chi connectivity index (χ1n) is 8.08. The maximum absolute atomic E-state index is 3.90. The van der Waals surface area contributed by atoms with Gasteiger partial charge in [0.25, 0.3) is 0 Å². The fourth-order valence-corrected chi connectivity index (χ4v) is 2.35. The average Bonchev–Trinajstić information content (AvgIpc) is 2.40. The fourth-order valence-electron chi connectivity index (χ4n) is 2.35. The van der Waals surface area contributed by atoms with Gasteiger partial charge in [-0.15, -0.1) is 0 Å². The van der Waals surface area contributed by atoms with Crippen LogP contribution in [0.2, 0.25) is 0 Å². The molecule has 18 heavy (non-hydrogen) atoms. The van der Waals surface area contributed by atoms with Gasteiger partial charge in [-0.1, -0.05) is 84.3 Å². The molecule has 0 aliphatic carbocycles. The van der Waals surface area contributed by atoms with Crippen molar-refractivity contribution < 1.29 is 0 Å². The van der Waals surface area contributed by atoms with Crippen molar-refractivity contribution in [1.29, 1.82) is 0 Å². The van der Waals surface area contributed by atoms with Crippen LogP contribution < -0.4 is 0 Å². The minimum absolute atomic E-state index is 0.944. The second-order valence-corrected chi connectivity index (χ2v) is 5.38. The maximum Gasteiger partial charge on any atom is -0.0348 e. The molecule has 0 heterocycles. The van der Waals surface area contributed by atoms with E-state index < -0.39 is 0 Å². The van der Waals surface area contributed by atoms with E-state index in [0.29, 0.717) is 0 Å². The second kappa shape index (κ2) is 14.8. The van der Waals surface area contributed by atoms with Crippen molar-refractivity contribution in [3.8, 4) is 0 Å². The summed E-state index contributed by atoms with van der Waals surface area (Å²) in [6, 6.07) is 0. The summed E-state index contributed by atoms with van der Waals surface area (Å²) >= 11 is 0. The molecule has 0 saturated heterocycles. The Morgan fingerprint density at radius 1 is 0.778 bits per heavy atom. The Bertz CT molecular complexity index is 169. The number of hydrogen-bond donors (Lipinski definition) is 0. The quantitative estimate of drug-likeness (QED) is 0.257. The predicted molar refractivity (Wildman–Crippen MR) is 84.4 cm³/mol. The smallest absolute Gasteiger partial charge is 0.0348 e. The van der Waals surface area contributed by atoms with Crippen LogP contribution in [-0.4, -0.2) is 0 Å². The molecule has 0 aliphatic rings. The molecule has 0 fully saturated rings. The molecule has 1 unspecified atom stereocenters. The Labute approximate surface area is 116 Å². The summed E-state index contributed by atoms with van der Waals surface area (Å²) < 4.78 is 0. The van der Waals surface area contributed by atoms with Crippen LogP contribution in [0.3, 0.4) is 0 Å². The van der Waals surface area contributed by atoms with Gasteiger partial charge in [0.15, 0.2) is 0 Å². The molecule has 0 bridgehead atoms. The molecule has 0 saturated carbocycles. The molecular weight excluding hydrogens is 216 g/mol. The lowest BCUT2D eigenvalue weighted by molar-refractivity contribution is 0.417. The summed E-state index contributed by atoms with van der Waals surface area (Å²) in [5.41, 5.74) is 0. The minimum Gasteiger partial charge on any atom is -0.0885 e. The summed E-state index contributed by atoms with van der Waals surface area (Å²) in [5, 5.41) is 0. The van der Waals surface area contributed by atoms with Crippen LogP contribution in [0.15, 0.2) is 12.2 Å². The Balaban J connectivity index is 3.42. The van der Waals surface area contributed by atoms with Gasteiger partial charge in [-0.25, -0.2) is 0 Å². The molecule has 0 heteroatoms. The normalized spacial score (nSPS) is 13.3. The molecule has 0 aliphatic heterocycles. The molecule has 0 aromatic rings. The van der Waals surface area contributed by atoms with Crippen LogP contribution in [-0.2, 0) is 0 Å². The number of allylic oxidation sites excluding steroid dienone is 2. The highest BCUT2D eigenvalue weighted by Crippen LogP contribution is 2.19. The van der Waals surface area contributed by atoms with Crippen LogP contribution in [0.1, 0.15) is 84.0 Å². The molecule has 0 N–H and O–H groups in total. The first-order valence-corrected chi connectivity index (χ1v) is 8.08. The van der Waals surface area contributed by atoms with Crippen molar-refractivity contribution in [1.82, 2.24) is 0 Å². The van der Waals surface area contributed by atoms with Crippen LogP contribution >= 0.6 is 0 Å². The van der Waals surface area contributed by atoms with Crippen LogP contribution in [0.5, 0.6) is 0 Å². The third kappa shape index (κ3) is 12.2. The summed E-state index contributed by atoms with van der Waals surface area (Å²) in [4.78, 5) is 0. The van der Waals surface area contributed by atoms with Crippen LogP contribution in [0.4, 0.5) is 0 Å². The Hall–Kier alpha value is -0.260. The first-order chi connectivity index (χ1) is 8.85. The van der Waals surface area contributed by atoms with E-state index in [0.717, 1.165) is 18.8 Å².